The summed E-state index contributed by atoms with van der Waals surface area (Å²) in [6.45, 7) is 8.97. The molecule has 2 atom stereocenters. The molecule has 0 radical (unpaired) electrons. The van der Waals surface area contributed by atoms with E-state index in [9.17, 15) is 26.4 Å². The zero-order chi connectivity index (χ0) is 23.7. The number of carbonyl (C=O) groups is 1. The molecule has 0 heterocycles. The number of hydrogen-bond acceptors (Lipinski definition) is 3. The van der Waals surface area contributed by atoms with Crippen LogP contribution < -0.4 is 9.62 Å². The Kier molecular flexibility index (Phi) is 7.10. The van der Waals surface area contributed by atoms with Crippen molar-refractivity contribution in [3.8, 4) is 0 Å². The van der Waals surface area contributed by atoms with Gasteiger partial charge < -0.3 is 5.32 Å². The molecule has 0 bridgehead atoms. The lowest BCUT2D eigenvalue weighted by atomic mass is 9.96. The van der Waals surface area contributed by atoms with Crippen molar-refractivity contribution in [1.29, 1.82) is 0 Å². The van der Waals surface area contributed by atoms with E-state index in [-0.39, 0.29) is 5.69 Å². The molecule has 0 unspecified atom stereocenters. The van der Waals surface area contributed by atoms with E-state index in [1.165, 1.54) is 13.0 Å². The van der Waals surface area contributed by atoms with Crippen LogP contribution in [-0.2, 0) is 21.0 Å². The largest absolute Gasteiger partial charge is 0.416 e. The molecule has 0 spiro atoms. The van der Waals surface area contributed by atoms with Crippen molar-refractivity contribution in [2.75, 3.05) is 10.6 Å². The number of halogens is 3. The molecular weight excluding hydrogens is 429 g/mol. The Morgan fingerprint density at radius 3 is 2.13 bits per heavy atom. The average Bonchev–Trinajstić information content (AvgIpc) is 2.63. The Hall–Kier alpha value is -2.55. The first kappa shape index (κ1) is 24.7. The Morgan fingerprint density at radius 1 is 1.00 bits per heavy atom. The number of sulfonamides is 1. The Balaban J connectivity index is 2.36. The minimum Gasteiger partial charge on any atom is -0.348 e. The summed E-state index contributed by atoms with van der Waals surface area (Å²) in [5.41, 5.74) is 2.80. The maximum atomic E-state index is 13.1. The number of alkyl halides is 3. The van der Waals surface area contributed by atoms with Crippen LogP contribution in [0.1, 0.15) is 47.7 Å². The summed E-state index contributed by atoms with van der Waals surface area (Å²) in [7, 11) is -4.04. The van der Waals surface area contributed by atoms with Crippen molar-refractivity contribution in [3.05, 3.63) is 64.2 Å². The van der Waals surface area contributed by atoms with Crippen LogP contribution in [0, 0.1) is 20.8 Å². The van der Waals surface area contributed by atoms with Crippen molar-refractivity contribution in [1.82, 2.24) is 5.32 Å². The van der Waals surface area contributed by atoms with Crippen molar-refractivity contribution in [2.45, 2.75) is 52.9 Å². The second-order valence-electron chi connectivity index (χ2n) is 7.81. The van der Waals surface area contributed by atoms with E-state index in [2.05, 4.69) is 5.32 Å². The molecule has 0 saturated carbocycles. The van der Waals surface area contributed by atoms with Crippen LogP contribution in [0.3, 0.4) is 0 Å². The van der Waals surface area contributed by atoms with Crippen LogP contribution in [0.4, 0.5) is 18.9 Å². The standard InChI is InChI=1S/C22H27F3N2O3S/c1-13-10-15(3)20(11-14(13)2)16(4)26-21(28)17(5)27(31(6,29)30)19-9-7-8-18(12-19)22(23,24)25/h7-12,16-17H,1-6H3,(H,26,28)/t16-,17+/m1/s1. The third kappa shape index (κ3) is 5.78. The molecule has 2 aromatic rings. The van der Waals surface area contributed by atoms with Gasteiger partial charge in [-0.1, -0.05) is 18.2 Å². The van der Waals surface area contributed by atoms with E-state index in [4.69, 9.17) is 0 Å². The number of aryl methyl sites for hydroxylation is 3. The van der Waals surface area contributed by atoms with Crippen LogP contribution in [0.5, 0.6) is 0 Å². The van der Waals surface area contributed by atoms with Gasteiger partial charge in [0.15, 0.2) is 0 Å². The molecule has 0 fully saturated rings. The molecule has 2 aromatic carbocycles. The van der Waals surface area contributed by atoms with Gasteiger partial charge in [-0.05, 0) is 75.1 Å². The van der Waals surface area contributed by atoms with Crippen molar-refractivity contribution < 1.29 is 26.4 Å². The van der Waals surface area contributed by atoms with Crippen molar-refractivity contribution >= 4 is 21.6 Å². The van der Waals surface area contributed by atoms with Crippen molar-refractivity contribution in [2.24, 2.45) is 0 Å². The second kappa shape index (κ2) is 8.90. The summed E-state index contributed by atoms with van der Waals surface area (Å²) in [6, 6.07) is 6.20. The first-order valence-corrected chi connectivity index (χ1v) is 11.5. The zero-order valence-electron chi connectivity index (χ0n) is 18.3. The lowest BCUT2D eigenvalue weighted by molar-refractivity contribution is -0.137. The molecule has 0 aliphatic carbocycles. The van der Waals surface area contributed by atoms with Gasteiger partial charge >= 0.3 is 6.18 Å². The van der Waals surface area contributed by atoms with Gasteiger partial charge in [0.2, 0.25) is 15.9 Å². The fraction of sp³-hybridized carbons (Fsp3) is 0.409. The second-order valence-corrected chi connectivity index (χ2v) is 9.67. The molecule has 9 heteroatoms. The van der Waals surface area contributed by atoms with Gasteiger partial charge in [0.1, 0.15) is 6.04 Å². The van der Waals surface area contributed by atoms with Gasteiger partial charge in [0, 0.05) is 0 Å². The number of benzene rings is 2. The number of anilines is 1. The van der Waals surface area contributed by atoms with Gasteiger partial charge in [-0.2, -0.15) is 13.2 Å². The van der Waals surface area contributed by atoms with E-state index in [0.717, 1.165) is 46.7 Å². The number of carbonyl (C=O) groups excluding carboxylic acids is 1. The lowest BCUT2D eigenvalue weighted by Crippen LogP contribution is -2.48. The molecule has 170 valence electrons. The minimum atomic E-state index is -4.64. The number of nitrogens with zero attached hydrogens (tertiary/aromatic N) is 1. The Morgan fingerprint density at radius 2 is 1.58 bits per heavy atom. The number of nitrogens with one attached hydrogen (secondary N) is 1. The molecule has 1 amide bonds. The maximum absolute atomic E-state index is 13.1. The molecule has 0 saturated heterocycles. The van der Waals surface area contributed by atoms with Gasteiger partial charge in [0.05, 0.1) is 23.5 Å². The predicted molar refractivity (Wildman–Crippen MR) is 115 cm³/mol. The highest BCUT2D eigenvalue weighted by Crippen LogP contribution is 2.33. The van der Waals surface area contributed by atoms with E-state index in [1.54, 1.807) is 6.92 Å². The third-order valence-corrected chi connectivity index (χ3v) is 6.47. The smallest absolute Gasteiger partial charge is 0.348 e. The summed E-state index contributed by atoms with van der Waals surface area (Å²) in [4.78, 5) is 12.9. The molecule has 0 aliphatic rings. The van der Waals surface area contributed by atoms with E-state index in [0.29, 0.717) is 4.31 Å². The molecule has 1 N–H and O–H groups in total. The van der Waals surface area contributed by atoms with E-state index >= 15 is 0 Å². The SMILES string of the molecule is Cc1cc(C)c([C@@H](C)NC(=O)[C@H](C)N(c2cccc(C(F)(F)F)c2)S(C)(=O)=O)cc1C. The molecular formula is C22H27F3N2O3S. The fourth-order valence-electron chi connectivity index (χ4n) is 3.49. The topological polar surface area (TPSA) is 66.5 Å². The molecule has 0 aromatic heterocycles. The predicted octanol–water partition coefficient (Wildman–Crippen LogP) is 4.66. The Bertz CT molecular complexity index is 1080. The maximum Gasteiger partial charge on any atom is 0.416 e. The monoisotopic (exact) mass is 456 g/mol. The van der Waals surface area contributed by atoms with Gasteiger partial charge in [-0.3, -0.25) is 9.10 Å². The number of amides is 1. The number of hydrogen-bond donors (Lipinski definition) is 1. The summed E-state index contributed by atoms with van der Waals surface area (Å²) < 4.78 is 64.8. The Labute approximate surface area is 181 Å². The molecule has 0 aliphatic heterocycles. The highest BCUT2D eigenvalue weighted by Gasteiger charge is 2.34. The summed E-state index contributed by atoms with van der Waals surface area (Å²) >= 11 is 0. The van der Waals surface area contributed by atoms with Crippen LogP contribution in [0.15, 0.2) is 36.4 Å². The highest BCUT2D eigenvalue weighted by molar-refractivity contribution is 7.92. The van der Waals surface area contributed by atoms with Crippen LogP contribution in [0.2, 0.25) is 0 Å². The third-order valence-electron chi connectivity index (χ3n) is 5.22. The van der Waals surface area contributed by atoms with Crippen molar-refractivity contribution in [3.63, 3.8) is 0 Å². The first-order valence-electron chi connectivity index (χ1n) is 9.67. The van der Waals surface area contributed by atoms with Gasteiger partial charge in [0.25, 0.3) is 0 Å². The normalized spacial score (nSPS) is 14.1. The van der Waals surface area contributed by atoms with E-state index in [1.807, 2.05) is 32.9 Å². The lowest BCUT2D eigenvalue weighted by Gasteiger charge is -2.30. The van der Waals surface area contributed by atoms with Crippen LogP contribution >= 0.6 is 0 Å². The summed E-state index contributed by atoms with van der Waals surface area (Å²) in [6.07, 6.45) is -3.78. The average molecular weight is 457 g/mol. The van der Waals surface area contributed by atoms with Gasteiger partial charge in [-0.25, -0.2) is 8.42 Å². The first-order chi connectivity index (χ1) is 14.1. The minimum absolute atomic E-state index is 0.227. The zero-order valence-corrected chi connectivity index (χ0v) is 19.1. The molecule has 5 nitrogen and oxygen atoms in total. The van der Waals surface area contributed by atoms with Crippen LogP contribution in [-0.4, -0.2) is 26.6 Å². The van der Waals surface area contributed by atoms with E-state index < -0.39 is 39.8 Å². The highest BCUT2D eigenvalue weighted by atomic mass is 32.2. The molecule has 31 heavy (non-hydrogen) atoms. The quantitative estimate of drug-likeness (QED) is 0.687. The van der Waals surface area contributed by atoms with Crippen LogP contribution in [0.25, 0.3) is 0 Å². The number of rotatable bonds is 6. The molecule has 2 rings (SSSR count). The van der Waals surface area contributed by atoms with Gasteiger partial charge in [-0.15, -0.1) is 0 Å². The summed E-state index contributed by atoms with van der Waals surface area (Å²) in [5, 5.41) is 2.78. The fourth-order valence-corrected chi connectivity index (χ4v) is 4.66. The summed E-state index contributed by atoms with van der Waals surface area (Å²) in [5.74, 6) is -0.618.